The lowest BCUT2D eigenvalue weighted by molar-refractivity contribution is -0.385. The van der Waals surface area contributed by atoms with Crippen LogP contribution in [-0.2, 0) is 0 Å². The highest BCUT2D eigenvalue weighted by molar-refractivity contribution is 5.87. The number of nitro groups is 1. The number of rotatable bonds is 3. The third-order valence-electron chi connectivity index (χ3n) is 2.20. The van der Waals surface area contributed by atoms with Gasteiger partial charge in [-0.25, -0.2) is 5.48 Å². The molecule has 0 amide bonds. The van der Waals surface area contributed by atoms with Crippen LogP contribution in [0.25, 0.3) is 0 Å². The molecule has 10 nitrogen and oxygen atoms in total. The summed E-state index contributed by atoms with van der Waals surface area (Å²) in [6.07, 6.45) is 1.12. The Morgan fingerprint density at radius 2 is 2.21 bits per heavy atom. The minimum Gasteiger partial charge on any atom is -0.454 e. The second-order valence-electron chi connectivity index (χ2n) is 3.36. The SMILES string of the molecule is NC(=N/N=C/c1cc2c(cc1[N+](=O)[O-])OCO2)NO. The van der Waals surface area contributed by atoms with E-state index in [9.17, 15) is 10.1 Å². The second-order valence-corrected chi connectivity index (χ2v) is 3.36. The number of nitrogens with one attached hydrogen (secondary N) is 1. The number of hydrogen-bond acceptors (Lipinski definition) is 7. The van der Waals surface area contributed by atoms with Gasteiger partial charge in [0.2, 0.25) is 12.8 Å². The van der Waals surface area contributed by atoms with Gasteiger partial charge in [-0.3, -0.25) is 15.3 Å². The van der Waals surface area contributed by atoms with Crippen molar-refractivity contribution in [2.24, 2.45) is 15.9 Å². The van der Waals surface area contributed by atoms with Crippen LogP contribution in [0, 0.1) is 10.1 Å². The van der Waals surface area contributed by atoms with E-state index in [2.05, 4.69) is 10.2 Å². The highest BCUT2D eigenvalue weighted by Crippen LogP contribution is 2.37. The molecule has 0 radical (unpaired) electrons. The largest absolute Gasteiger partial charge is 0.454 e. The molecule has 0 aliphatic carbocycles. The summed E-state index contributed by atoms with van der Waals surface area (Å²) in [6, 6.07) is 2.64. The van der Waals surface area contributed by atoms with Crippen molar-refractivity contribution in [3.8, 4) is 11.5 Å². The molecule has 10 heteroatoms. The molecule has 0 atom stereocenters. The Morgan fingerprint density at radius 1 is 1.53 bits per heavy atom. The first-order valence-corrected chi connectivity index (χ1v) is 4.96. The number of ether oxygens (including phenoxy) is 2. The zero-order valence-corrected chi connectivity index (χ0v) is 9.44. The van der Waals surface area contributed by atoms with Gasteiger partial charge in [-0.1, -0.05) is 0 Å². The van der Waals surface area contributed by atoms with Crippen molar-refractivity contribution in [3.63, 3.8) is 0 Å². The smallest absolute Gasteiger partial charge is 0.282 e. The number of hydroxylamine groups is 1. The number of hydrogen-bond donors (Lipinski definition) is 3. The maximum Gasteiger partial charge on any atom is 0.282 e. The first kappa shape index (κ1) is 12.6. The van der Waals surface area contributed by atoms with Crippen molar-refractivity contribution in [3.05, 3.63) is 27.8 Å². The van der Waals surface area contributed by atoms with Crippen LogP contribution in [0.3, 0.4) is 0 Å². The molecule has 0 saturated carbocycles. The van der Waals surface area contributed by atoms with Gasteiger partial charge in [0, 0.05) is 0 Å². The summed E-state index contributed by atoms with van der Waals surface area (Å²) in [5, 5.41) is 26.1. The number of nitro benzene ring substituents is 1. The van der Waals surface area contributed by atoms with Gasteiger partial charge >= 0.3 is 0 Å². The highest BCUT2D eigenvalue weighted by Gasteiger charge is 2.22. The van der Waals surface area contributed by atoms with Crippen LogP contribution >= 0.6 is 0 Å². The minimum atomic E-state index is -0.583. The molecule has 2 rings (SSSR count). The van der Waals surface area contributed by atoms with E-state index in [1.54, 1.807) is 5.48 Å². The average molecular weight is 267 g/mol. The summed E-state index contributed by atoms with van der Waals surface area (Å²) in [5.74, 6) is 0.327. The van der Waals surface area contributed by atoms with E-state index in [0.717, 1.165) is 6.21 Å². The molecule has 0 bridgehead atoms. The monoisotopic (exact) mass is 267 g/mol. The van der Waals surface area contributed by atoms with Crippen LogP contribution in [-0.4, -0.2) is 29.1 Å². The predicted molar refractivity (Wildman–Crippen MR) is 63.4 cm³/mol. The van der Waals surface area contributed by atoms with Crippen LogP contribution in [0.1, 0.15) is 5.56 Å². The fraction of sp³-hybridized carbons (Fsp3) is 0.111. The van der Waals surface area contributed by atoms with Gasteiger partial charge in [-0.15, -0.1) is 5.10 Å². The quantitative estimate of drug-likeness (QED) is 0.301. The van der Waals surface area contributed by atoms with E-state index >= 15 is 0 Å². The van der Waals surface area contributed by atoms with Crippen LogP contribution in [0.4, 0.5) is 5.69 Å². The first-order valence-electron chi connectivity index (χ1n) is 4.96. The van der Waals surface area contributed by atoms with Gasteiger partial charge in [0.1, 0.15) is 0 Å². The number of nitrogens with two attached hydrogens (primary N) is 1. The van der Waals surface area contributed by atoms with Crippen molar-refractivity contribution in [1.82, 2.24) is 5.48 Å². The van der Waals surface area contributed by atoms with Gasteiger partial charge in [-0.2, -0.15) is 5.10 Å². The third-order valence-corrected chi connectivity index (χ3v) is 2.20. The van der Waals surface area contributed by atoms with Crippen molar-refractivity contribution < 1.29 is 19.6 Å². The lowest BCUT2D eigenvalue weighted by Crippen LogP contribution is -2.27. The summed E-state index contributed by atoms with van der Waals surface area (Å²) in [7, 11) is 0. The Kier molecular flexibility index (Phi) is 3.43. The molecule has 19 heavy (non-hydrogen) atoms. The predicted octanol–water partition coefficient (Wildman–Crippen LogP) is -0.0491. The Balaban J connectivity index is 2.36. The average Bonchev–Trinajstić information content (AvgIpc) is 2.84. The zero-order valence-electron chi connectivity index (χ0n) is 9.44. The topological polar surface area (TPSA) is 145 Å². The summed E-state index contributed by atoms with van der Waals surface area (Å²) in [4.78, 5) is 10.3. The van der Waals surface area contributed by atoms with Crippen molar-refractivity contribution in [2.45, 2.75) is 0 Å². The number of nitrogens with zero attached hydrogens (tertiary/aromatic N) is 3. The summed E-state index contributed by atoms with van der Waals surface area (Å²) in [6.45, 7) is 0.00656. The fourth-order valence-electron chi connectivity index (χ4n) is 1.38. The Bertz CT molecular complexity index is 570. The van der Waals surface area contributed by atoms with Gasteiger partial charge < -0.3 is 15.2 Å². The van der Waals surface area contributed by atoms with Crippen molar-refractivity contribution in [2.75, 3.05) is 6.79 Å². The first-order chi connectivity index (χ1) is 9.11. The Hall–Kier alpha value is -2.88. The normalized spacial score (nSPS) is 13.8. The summed E-state index contributed by atoms with van der Waals surface area (Å²) < 4.78 is 10.1. The lowest BCUT2D eigenvalue weighted by Gasteiger charge is -1.99. The van der Waals surface area contributed by atoms with Crippen LogP contribution in [0.2, 0.25) is 0 Å². The van der Waals surface area contributed by atoms with E-state index < -0.39 is 4.92 Å². The molecule has 1 heterocycles. The fourth-order valence-corrected chi connectivity index (χ4v) is 1.38. The molecule has 1 aromatic rings. The maximum absolute atomic E-state index is 10.9. The molecule has 1 aromatic carbocycles. The van der Waals surface area contributed by atoms with E-state index in [-0.39, 0.29) is 24.0 Å². The Morgan fingerprint density at radius 3 is 2.84 bits per heavy atom. The Labute approximate surface area is 106 Å². The minimum absolute atomic E-state index is 0.00656. The van der Waals surface area contributed by atoms with Crippen molar-refractivity contribution in [1.29, 1.82) is 0 Å². The van der Waals surface area contributed by atoms with E-state index in [1.165, 1.54) is 12.1 Å². The molecule has 1 aliphatic heterocycles. The van der Waals surface area contributed by atoms with Gasteiger partial charge in [0.15, 0.2) is 11.5 Å². The standard InChI is InChI=1S/C9H9N5O5/c10-9(13-15)12-11-3-5-1-7-8(19-4-18-7)2-6(5)14(16)17/h1-3,15H,4H2,(H3,10,12,13)/b11-3+. The molecule has 0 aromatic heterocycles. The zero-order chi connectivity index (χ0) is 13.8. The highest BCUT2D eigenvalue weighted by atomic mass is 16.7. The van der Waals surface area contributed by atoms with E-state index in [4.69, 9.17) is 20.4 Å². The number of fused-ring (bicyclic) bond motifs is 1. The molecular formula is C9H9N5O5. The number of guanidine groups is 1. The molecule has 0 spiro atoms. The van der Waals surface area contributed by atoms with Crippen LogP contribution < -0.4 is 20.7 Å². The molecule has 1 aliphatic rings. The van der Waals surface area contributed by atoms with E-state index in [0.29, 0.717) is 11.5 Å². The van der Waals surface area contributed by atoms with Gasteiger partial charge in [0.25, 0.3) is 5.69 Å². The van der Waals surface area contributed by atoms with Gasteiger partial charge in [-0.05, 0) is 6.07 Å². The van der Waals surface area contributed by atoms with E-state index in [1.807, 2.05) is 0 Å². The molecule has 4 N–H and O–H groups in total. The molecule has 0 fully saturated rings. The molecular weight excluding hydrogens is 258 g/mol. The van der Waals surface area contributed by atoms with Crippen LogP contribution in [0.5, 0.6) is 11.5 Å². The summed E-state index contributed by atoms with van der Waals surface area (Å²) in [5.41, 5.74) is 6.65. The number of benzene rings is 1. The maximum atomic E-state index is 10.9. The molecule has 0 saturated heterocycles. The van der Waals surface area contributed by atoms with Gasteiger partial charge in [0.05, 0.1) is 22.8 Å². The molecule has 100 valence electrons. The lowest BCUT2D eigenvalue weighted by atomic mass is 10.1. The second kappa shape index (κ2) is 5.18. The third kappa shape index (κ3) is 2.69. The molecule has 0 unspecified atom stereocenters. The van der Waals surface area contributed by atoms with Crippen LogP contribution in [0.15, 0.2) is 22.3 Å². The van der Waals surface area contributed by atoms with Crippen molar-refractivity contribution >= 4 is 17.9 Å². The summed E-state index contributed by atoms with van der Waals surface area (Å²) >= 11 is 0.